The van der Waals surface area contributed by atoms with Crippen molar-refractivity contribution < 1.29 is 22.7 Å². The molecule has 4 N–H and O–H groups in total. The number of hydrogen-bond acceptors (Lipinski definition) is 5. The Morgan fingerprint density at radius 2 is 1.76 bits per heavy atom. The molecular formula is C23H28ClN3O5S. The van der Waals surface area contributed by atoms with Crippen molar-refractivity contribution in [2.75, 3.05) is 7.11 Å². The Morgan fingerprint density at radius 1 is 1.09 bits per heavy atom. The number of methoxy groups -OCH3 is 1. The third kappa shape index (κ3) is 6.61. The van der Waals surface area contributed by atoms with E-state index in [0.717, 1.165) is 43.2 Å². The topological polar surface area (TPSA) is 128 Å². The number of ether oxygens (including phenoxy) is 1. The Morgan fingerprint density at radius 3 is 2.36 bits per heavy atom. The summed E-state index contributed by atoms with van der Waals surface area (Å²) in [5.41, 5.74) is 7.20. The number of aryl methyl sites for hydroxylation is 2. The molecule has 10 heteroatoms. The summed E-state index contributed by atoms with van der Waals surface area (Å²) in [6.45, 7) is 0. The van der Waals surface area contributed by atoms with Crippen molar-refractivity contribution in [3.63, 3.8) is 0 Å². The van der Waals surface area contributed by atoms with Gasteiger partial charge in [0.1, 0.15) is 5.75 Å². The van der Waals surface area contributed by atoms with E-state index in [1.165, 1.54) is 25.3 Å². The first kappa shape index (κ1) is 24.9. The number of benzene rings is 2. The molecular weight excluding hydrogens is 466 g/mol. The van der Waals surface area contributed by atoms with E-state index in [-0.39, 0.29) is 16.5 Å². The van der Waals surface area contributed by atoms with Crippen molar-refractivity contribution >= 4 is 33.6 Å². The average Bonchev–Trinajstić information content (AvgIpc) is 2.77. The zero-order chi connectivity index (χ0) is 24.0. The first-order valence-corrected chi connectivity index (χ1v) is 12.6. The fourth-order valence-electron chi connectivity index (χ4n) is 4.02. The minimum atomic E-state index is -3.98. The van der Waals surface area contributed by atoms with Crippen LogP contribution < -0.4 is 20.5 Å². The zero-order valence-electron chi connectivity index (χ0n) is 18.4. The van der Waals surface area contributed by atoms with Crippen LogP contribution in [0.2, 0.25) is 5.02 Å². The van der Waals surface area contributed by atoms with Crippen LogP contribution in [0, 0.1) is 0 Å². The van der Waals surface area contributed by atoms with Crippen LogP contribution in [0.3, 0.4) is 0 Å². The van der Waals surface area contributed by atoms with Gasteiger partial charge in [0.15, 0.2) is 0 Å². The predicted molar refractivity (Wildman–Crippen MR) is 126 cm³/mol. The Balaban J connectivity index is 1.64. The molecule has 1 aliphatic carbocycles. The molecule has 3 amide bonds. The predicted octanol–water partition coefficient (Wildman–Crippen LogP) is 3.55. The quantitative estimate of drug-likeness (QED) is 0.518. The number of primary amides is 1. The number of carbonyl (C=O) groups excluding carboxylic acids is 2. The number of amides is 3. The lowest BCUT2D eigenvalue weighted by molar-refractivity contribution is 0.0997. The van der Waals surface area contributed by atoms with Gasteiger partial charge in [-0.1, -0.05) is 43.0 Å². The van der Waals surface area contributed by atoms with Gasteiger partial charge in [-0.25, -0.2) is 17.9 Å². The second-order valence-electron chi connectivity index (χ2n) is 8.07. The minimum absolute atomic E-state index is 0.00129. The Bertz CT molecular complexity index is 1110. The van der Waals surface area contributed by atoms with Gasteiger partial charge in [-0.3, -0.25) is 4.79 Å². The van der Waals surface area contributed by atoms with Gasteiger partial charge in [0.2, 0.25) is 0 Å². The third-order valence-corrected chi connectivity index (χ3v) is 7.25. The van der Waals surface area contributed by atoms with Gasteiger partial charge in [0.05, 0.1) is 17.6 Å². The van der Waals surface area contributed by atoms with Crippen molar-refractivity contribution in [1.29, 1.82) is 0 Å². The lowest BCUT2D eigenvalue weighted by Gasteiger charge is -2.22. The fourth-order valence-corrected chi connectivity index (χ4v) is 5.17. The van der Waals surface area contributed by atoms with Gasteiger partial charge < -0.3 is 15.8 Å². The van der Waals surface area contributed by atoms with Gasteiger partial charge >= 0.3 is 6.03 Å². The van der Waals surface area contributed by atoms with Crippen molar-refractivity contribution in [3.05, 3.63) is 58.1 Å². The first-order chi connectivity index (χ1) is 15.7. The van der Waals surface area contributed by atoms with E-state index in [9.17, 15) is 18.0 Å². The van der Waals surface area contributed by atoms with Gasteiger partial charge in [-0.2, -0.15) is 0 Å². The highest BCUT2D eigenvalue weighted by Crippen LogP contribution is 2.29. The summed E-state index contributed by atoms with van der Waals surface area (Å²) in [6, 6.07) is 8.74. The molecule has 0 unspecified atom stereocenters. The molecule has 2 aromatic carbocycles. The highest BCUT2D eigenvalue weighted by atomic mass is 35.5. The SMILES string of the molecule is COc1c(CCc2ccc(S(=O)(=O)NC(=O)NC3CCCCC3)cc2)cc(Cl)cc1C(N)=O. The highest BCUT2D eigenvalue weighted by molar-refractivity contribution is 7.90. The number of urea groups is 1. The monoisotopic (exact) mass is 493 g/mol. The highest BCUT2D eigenvalue weighted by Gasteiger charge is 2.21. The normalized spacial score (nSPS) is 14.5. The van der Waals surface area contributed by atoms with Gasteiger partial charge in [-0.15, -0.1) is 0 Å². The van der Waals surface area contributed by atoms with Crippen LogP contribution >= 0.6 is 11.6 Å². The molecule has 0 spiro atoms. The molecule has 1 aliphatic rings. The average molecular weight is 494 g/mol. The lowest BCUT2D eigenvalue weighted by Crippen LogP contribution is -2.45. The van der Waals surface area contributed by atoms with Crippen molar-refractivity contribution in [3.8, 4) is 5.75 Å². The standard InChI is InChI=1S/C23H28ClN3O5S/c1-32-21-16(13-17(24)14-20(21)22(25)28)10-7-15-8-11-19(12-9-15)33(30,31)27-23(29)26-18-5-3-2-4-6-18/h8-9,11-14,18H,2-7,10H2,1H3,(H2,25,28)(H2,26,27,29). The summed E-state index contributed by atoms with van der Waals surface area (Å²) in [7, 11) is -2.52. The van der Waals surface area contributed by atoms with Gasteiger partial charge in [-0.05, 0) is 61.1 Å². The number of hydrogen-bond donors (Lipinski definition) is 3. The molecule has 0 bridgehead atoms. The van der Waals surface area contributed by atoms with Gasteiger partial charge in [0.25, 0.3) is 15.9 Å². The third-order valence-electron chi connectivity index (χ3n) is 5.68. The van der Waals surface area contributed by atoms with Crippen LogP contribution in [0.4, 0.5) is 4.79 Å². The van der Waals surface area contributed by atoms with E-state index < -0.39 is 22.0 Å². The summed E-state index contributed by atoms with van der Waals surface area (Å²) >= 11 is 6.11. The zero-order valence-corrected chi connectivity index (χ0v) is 20.0. The molecule has 1 saturated carbocycles. The molecule has 0 radical (unpaired) electrons. The molecule has 0 aliphatic heterocycles. The first-order valence-electron chi connectivity index (χ1n) is 10.8. The molecule has 0 atom stereocenters. The molecule has 1 fully saturated rings. The van der Waals surface area contributed by atoms with E-state index in [0.29, 0.717) is 23.6 Å². The number of nitrogens with two attached hydrogens (primary N) is 1. The molecule has 0 aromatic heterocycles. The fraction of sp³-hybridized carbons (Fsp3) is 0.391. The van der Waals surface area contributed by atoms with Crippen LogP contribution in [0.25, 0.3) is 0 Å². The van der Waals surface area contributed by atoms with Gasteiger partial charge in [0, 0.05) is 11.1 Å². The molecule has 33 heavy (non-hydrogen) atoms. The summed E-state index contributed by atoms with van der Waals surface area (Å²) in [5.74, 6) is -0.260. The minimum Gasteiger partial charge on any atom is -0.496 e. The van der Waals surface area contributed by atoms with Crippen LogP contribution in [0.1, 0.15) is 53.6 Å². The Hall–Kier alpha value is -2.78. The van der Waals surface area contributed by atoms with E-state index in [2.05, 4.69) is 10.0 Å². The lowest BCUT2D eigenvalue weighted by atomic mass is 9.96. The van der Waals surface area contributed by atoms with E-state index in [1.54, 1.807) is 18.2 Å². The maximum absolute atomic E-state index is 12.6. The molecule has 8 nitrogen and oxygen atoms in total. The summed E-state index contributed by atoms with van der Waals surface area (Å²) in [6.07, 6.45) is 5.97. The summed E-state index contributed by atoms with van der Waals surface area (Å²) in [4.78, 5) is 23.8. The van der Waals surface area contributed by atoms with Crippen LogP contribution in [0.5, 0.6) is 5.75 Å². The van der Waals surface area contributed by atoms with Crippen LogP contribution in [-0.2, 0) is 22.9 Å². The van der Waals surface area contributed by atoms with Crippen molar-refractivity contribution in [2.45, 2.75) is 55.9 Å². The second-order valence-corrected chi connectivity index (χ2v) is 10.2. The Labute approximate surface area is 198 Å². The molecule has 178 valence electrons. The largest absolute Gasteiger partial charge is 0.496 e. The van der Waals surface area contributed by atoms with Crippen molar-refractivity contribution in [1.82, 2.24) is 10.0 Å². The van der Waals surface area contributed by atoms with Crippen LogP contribution in [-0.4, -0.2) is 33.5 Å². The van der Waals surface area contributed by atoms with Crippen molar-refractivity contribution in [2.24, 2.45) is 5.73 Å². The molecule has 3 rings (SSSR count). The summed E-state index contributed by atoms with van der Waals surface area (Å²) < 4.78 is 32.5. The molecule has 2 aromatic rings. The number of sulfonamides is 1. The number of rotatable bonds is 8. The number of carbonyl (C=O) groups is 2. The Kier molecular flexibility index (Phi) is 8.20. The maximum Gasteiger partial charge on any atom is 0.328 e. The molecule has 0 saturated heterocycles. The number of halogens is 1. The smallest absolute Gasteiger partial charge is 0.328 e. The number of nitrogens with one attached hydrogen (secondary N) is 2. The van der Waals surface area contributed by atoms with E-state index in [4.69, 9.17) is 22.1 Å². The second kappa shape index (κ2) is 10.9. The van der Waals surface area contributed by atoms with Crippen LogP contribution in [0.15, 0.2) is 41.3 Å². The van der Waals surface area contributed by atoms with E-state index in [1.807, 2.05) is 0 Å². The maximum atomic E-state index is 12.6. The molecule has 0 heterocycles. The van der Waals surface area contributed by atoms with E-state index >= 15 is 0 Å². The summed E-state index contributed by atoms with van der Waals surface area (Å²) in [5, 5.41) is 3.11.